The molecule has 4 heteroatoms. The second-order valence-corrected chi connectivity index (χ2v) is 4.33. The molecule has 4 nitrogen and oxygen atoms in total. The minimum atomic E-state index is -0.124. The van der Waals surface area contributed by atoms with Gasteiger partial charge in [0.05, 0.1) is 13.2 Å². The van der Waals surface area contributed by atoms with Gasteiger partial charge in [0.2, 0.25) is 5.91 Å². The fourth-order valence-electron chi connectivity index (χ4n) is 1.95. The summed E-state index contributed by atoms with van der Waals surface area (Å²) in [7, 11) is 0. The Morgan fingerprint density at radius 2 is 2.13 bits per heavy atom. The molecule has 88 valence electrons. The van der Waals surface area contributed by atoms with Crippen LogP contribution in [0.2, 0.25) is 0 Å². The molecule has 1 rings (SSSR count). The highest BCUT2D eigenvalue weighted by molar-refractivity contribution is 5.75. The molecule has 1 amide bonds. The lowest BCUT2D eigenvalue weighted by Gasteiger charge is -2.22. The summed E-state index contributed by atoms with van der Waals surface area (Å²) in [6.07, 6.45) is 4.94. The van der Waals surface area contributed by atoms with Gasteiger partial charge in [0, 0.05) is 18.5 Å². The van der Waals surface area contributed by atoms with Crippen LogP contribution in [0.5, 0.6) is 0 Å². The third-order valence-electron chi connectivity index (χ3n) is 2.84. The monoisotopic (exact) mass is 214 g/mol. The Balaban J connectivity index is 2.03. The van der Waals surface area contributed by atoms with E-state index in [1.807, 2.05) is 6.92 Å². The highest BCUT2D eigenvalue weighted by atomic mass is 16.5. The molecule has 0 radical (unpaired) electrons. The predicted molar refractivity (Wildman–Crippen MR) is 59.5 cm³/mol. The minimum Gasteiger partial charge on any atom is -0.379 e. The Hall–Kier alpha value is -0.610. The molecule has 1 aliphatic rings. The molecule has 1 fully saturated rings. The highest BCUT2D eigenvalue weighted by Gasteiger charge is 2.29. The van der Waals surface area contributed by atoms with Gasteiger partial charge in [-0.15, -0.1) is 0 Å². The summed E-state index contributed by atoms with van der Waals surface area (Å²) in [6.45, 7) is 3.66. The quantitative estimate of drug-likeness (QED) is 0.643. The van der Waals surface area contributed by atoms with Crippen molar-refractivity contribution in [2.24, 2.45) is 5.73 Å². The first kappa shape index (κ1) is 12.5. The van der Waals surface area contributed by atoms with Crippen LogP contribution in [0.25, 0.3) is 0 Å². The first-order valence-corrected chi connectivity index (χ1v) is 5.80. The Morgan fingerprint density at radius 3 is 2.73 bits per heavy atom. The largest absolute Gasteiger partial charge is 0.379 e. The number of carbonyl (C=O) groups excluding carboxylic acids is 1. The molecule has 0 saturated heterocycles. The Morgan fingerprint density at radius 1 is 1.47 bits per heavy atom. The topological polar surface area (TPSA) is 64.3 Å². The van der Waals surface area contributed by atoms with Crippen molar-refractivity contribution in [1.82, 2.24) is 5.32 Å². The maximum atomic E-state index is 11.1. The lowest BCUT2D eigenvalue weighted by molar-refractivity contribution is -0.122. The van der Waals surface area contributed by atoms with Gasteiger partial charge in [-0.05, 0) is 19.8 Å². The van der Waals surface area contributed by atoms with E-state index in [4.69, 9.17) is 10.5 Å². The molecule has 0 aromatic rings. The standard InChI is InChI=1S/C11H22N2O2/c1-2-13-10(14)5-8-15-9-11(12)6-3-4-7-11/h2-9,12H2,1H3,(H,13,14). The van der Waals surface area contributed by atoms with Gasteiger partial charge in [-0.1, -0.05) is 12.8 Å². The summed E-state index contributed by atoms with van der Waals surface area (Å²) < 4.78 is 5.45. The molecule has 0 aliphatic heterocycles. The van der Waals surface area contributed by atoms with Crippen LogP contribution in [-0.2, 0) is 9.53 Å². The molecule has 0 heterocycles. The highest BCUT2D eigenvalue weighted by Crippen LogP contribution is 2.27. The summed E-state index contributed by atoms with van der Waals surface area (Å²) in [6, 6.07) is 0. The second kappa shape index (κ2) is 6.08. The zero-order chi connectivity index (χ0) is 11.1. The van der Waals surface area contributed by atoms with Crippen molar-refractivity contribution in [2.45, 2.75) is 44.6 Å². The zero-order valence-electron chi connectivity index (χ0n) is 9.55. The first-order valence-electron chi connectivity index (χ1n) is 5.80. The van der Waals surface area contributed by atoms with Gasteiger partial charge >= 0.3 is 0 Å². The number of ether oxygens (including phenoxy) is 1. The summed E-state index contributed by atoms with van der Waals surface area (Å²) in [5.74, 6) is 0.0509. The number of hydrogen-bond donors (Lipinski definition) is 2. The zero-order valence-corrected chi connectivity index (χ0v) is 9.55. The van der Waals surface area contributed by atoms with Crippen molar-refractivity contribution < 1.29 is 9.53 Å². The van der Waals surface area contributed by atoms with Crippen LogP contribution in [0.15, 0.2) is 0 Å². The van der Waals surface area contributed by atoms with Crippen LogP contribution in [0, 0.1) is 0 Å². The molecule has 0 atom stereocenters. The van der Waals surface area contributed by atoms with Gasteiger partial charge < -0.3 is 15.8 Å². The minimum absolute atomic E-state index is 0.0509. The summed E-state index contributed by atoms with van der Waals surface area (Å²) >= 11 is 0. The normalized spacial score (nSPS) is 19.1. The maximum Gasteiger partial charge on any atom is 0.222 e. The molecule has 3 N–H and O–H groups in total. The van der Waals surface area contributed by atoms with E-state index >= 15 is 0 Å². The van der Waals surface area contributed by atoms with E-state index in [9.17, 15) is 4.79 Å². The number of rotatable bonds is 6. The third kappa shape index (κ3) is 4.62. The molecule has 1 saturated carbocycles. The van der Waals surface area contributed by atoms with E-state index < -0.39 is 0 Å². The van der Waals surface area contributed by atoms with Gasteiger partial charge in [-0.3, -0.25) is 4.79 Å². The molecule has 0 aromatic carbocycles. The van der Waals surface area contributed by atoms with Gasteiger partial charge in [-0.2, -0.15) is 0 Å². The van der Waals surface area contributed by atoms with Crippen molar-refractivity contribution in [2.75, 3.05) is 19.8 Å². The van der Waals surface area contributed by atoms with E-state index in [0.717, 1.165) is 12.8 Å². The van der Waals surface area contributed by atoms with Gasteiger partial charge in [0.15, 0.2) is 0 Å². The summed E-state index contributed by atoms with van der Waals surface area (Å²) in [5.41, 5.74) is 5.99. The number of nitrogens with two attached hydrogens (primary N) is 1. The number of amides is 1. The first-order chi connectivity index (χ1) is 7.16. The van der Waals surface area contributed by atoms with E-state index in [2.05, 4.69) is 5.32 Å². The number of nitrogens with one attached hydrogen (secondary N) is 1. The Kier molecular flexibility index (Phi) is 5.05. The van der Waals surface area contributed by atoms with Crippen LogP contribution >= 0.6 is 0 Å². The van der Waals surface area contributed by atoms with Gasteiger partial charge in [0.1, 0.15) is 0 Å². The molecule has 1 aliphatic carbocycles. The van der Waals surface area contributed by atoms with Crippen LogP contribution in [-0.4, -0.2) is 31.2 Å². The average Bonchev–Trinajstić information content (AvgIpc) is 2.61. The Labute approximate surface area is 91.5 Å². The second-order valence-electron chi connectivity index (χ2n) is 4.33. The third-order valence-corrected chi connectivity index (χ3v) is 2.84. The SMILES string of the molecule is CCNC(=O)CCOCC1(N)CCCC1. The van der Waals surface area contributed by atoms with Crippen LogP contribution in [0.4, 0.5) is 0 Å². The summed E-state index contributed by atoms with van der Waals surface area (Å²) in [4.78, 5) is 11.1. The van der Waals surface area contributed by atoms with Crippen LogP contribution < -0.4 is 11.1 Å². The predicted octanol–water partition coefficient (Wildman–Crippen LogP) is 0.801. The van der Waals surface area contributed by atoms with Crippen molar-refractivity contribution in [1.29, 1.82) is 0 Å². The van der Waals surface area contributed by atoms with Crippen molar-refractivity contribution in [3.8, 4) is 0 Å². The van der Waals surface area contributed by atoms with E-state index in [1.165, 1.54) is 12.8 Å². The van der Waals surface area contributed by atoms with Gasteiger partial charge in [0.25, 0.3) is 0 Å². The Bertz CT molecular complexity index is 201. The smallest absolute Gasteiger partial charge is 0.222 e. The lowest BCUT2D eigenvalue weighted by atomic mass is 10.0. The van der Waals surface area contributed by atoms with E-state index in [-0.39, 0.29) is 11.4 Å². The lowest BCUT2D eigenvalue weighted by Crippen LogP contribution is -2.41. The van der Waals surface area contributed by atoms with Crippen LogP contribution in [0.3, 0.4) is 0 Å². The maximum absolute atomic E-state index is 11.1. The number of carbonyl (C=O) groups is 1. The molecule has 15 heavy (non-hydrogen) atoms. The molecule has 0 aromatic heterocycles. The van der Waals surface area contributed by atoms with E-state index in [1.54, 1.807) is 0 Å². The number of hydrogen-bond acceptors (Lipinski definition) is 3. The molecule has 0 bridgehead atoms. The fraction of sp³-hybridized carbons (Fsp3) is 0.909. The van der Waals surface area contributed by atoms with Crippen molar-refractivity contribution >= 4 is 5.91 Å². The van der Waals surface area contributed by atoms with Gasteiger partial charge in [-0.25, -0.2) is 0 Å². The van der Waals surface area contributed by atoms with Crippen molar-refractivity contribution in [3.05, 3.63) is 0 Å². The molecular weight excluding hydrogens is 192 g/mol. The van der Waals surface area contributed by atoms with Crippen LogP contribution in [0.1, 0.15) is 39.0 Å². The summed E-state index contributed by atoms with van der Waals surface area (Å²) in [5, 5.41) is 2.73. The fourth-order valence-corrected chi connectivity index (χ4v) is 1.95. The van der Waals surface area contributed by atoms with E-state index in [0.29, 0.717) is 26.2 Å². The molecule has 0 spiro atoms. The average molecular weight is 214 g/mol. The molecular formula is C11H22N2O2. The van der Waals surface area contributed by atoms with Crippen molar-refractivity contribution in [3.63, 3.8) is 0 Å². The molecule has 0 unspecified atom stereocenters.